The minimum Gasteiger partial charge on any atom is -0.497 e. The number of aryl methyl sites for hydroxylation is 1. The molecule has 2 heterocycles. The van der Waals surface area contributed by atoms with Crippen LogP contribution in [0.15, 0.2) is 40.8 Å². The van der Waals surface area contributed by atoms with Crippen molar-refractivity contribution in [1.82, 2.24) is 4.90 Å². The van der Waals surface area contributed by atoms with Crippen LogP contribution in [0.4, 0.5) is 0 Å². The smallest absolute Gasteiger partial charge is 0.122 e. The second-order valence-electron chi connectivity index (χ2n) is 5.83. The lowest BCUT2D eigenvalue weighted by Gasteiger charge is -2.35. The fourth-order valence-electron chi connectivity index (χ4n) is 2.93. The maximum absolute atomic E-state index is 10.6. The predicted octanol–water partition coefficient (Wildman–Crippen LogP) is 3.42. The average Bonchev–Trinajstić information content (AvgIpc) is 3.01. The molecule has 3 rings (SSSR count). The molecule has 2 aromatic rings. The molecule has 1 aliphatic heterocycles. The SMILES string of the molecule is COc1cccc(C(O)CN2CCSCC2c2ccc(C)o2)c1. The summed E-state index contributed by atoms with van der Waals surface area (Å²) < 4.78 is 11.1. The Morgan fingerprint density at radius 3 is 3.00 bits per heavy atom. The third-order valence-electron chi connectivity index (χ3n) is 4.21. The Morgan fingerprint density at radius 1 is 1.39 bits per heavy atom. The number of aliphatic hydroxyl groups excluding tert-OH is 1. The first-order valence-electron chi connectivity index (χ1n) is 7.87. The Balaban J connectivity index is 1.73. The number of rotatable bonds is 5. The molecule has 2 atom stereocenters. The largest absolute Gasteiger partial charge is 0.497 e. The van der Waals surface area contributed by atoms with E-state index in [0.717, 1.165) is 40.9 Å². The maximum Gasteiger partial charge on any atom is 0.122 e. The van der Waals surface area contributed by atoms with E-state index in [1.54, 1.807) is 7.11 Å². The third kappa shape index (κ3) is 3.91. The van der Waals surface area contributed by atoms with E-state index in [4.69, 9.17) is 9.15 Å². The zero-order valence-corrected chi connectivity index (χ0v) is 14.4. The lowest BCUT2D eigenvalue weighted by molar-refractivity contribution is 0.0876. The average molecular weight is 333 g/mol. The molecule has 0 spiro atoms. The zero-order valence-electron chi connectivity index (χ0n) is 13.6. The number of benzene rings is 1. The van der Waals surface area contributed by atoms with Crippen LogP contribution in [-0.4, -0.2) is 41.7 Å². The first-order valence-corrected chi connectivity index (χ1v) is 9.03. The van der Waals surface area contributed by atoms with Gasteiger partial charge in [0.05, 0.1) is 19.3 Å². The summed E-state index contributed by atoms with van der Waals surface area (Å²) >= 11 is 1.94. The first-order chi connectivity index (χ1) is 11.2. The van der Waals surface area contributed by atoms with E-state index in [1.165, 1.54) is 0 Å². The fraction of sp³-hybridized carbons (Fsp3) is 0.444. The highest BCUT2D eigenvalue weighted by Crippen LogP contribution is 2.32. The Morgan fingerprint density at radius 2 is 2.26 bits per heavy atom. The summed E-state index contributed by atoms with van der Waals surface area (Å²) in [5.74, 6) is 4.78. The summed E-state index contributed by atoms with van der Waals surface area (Å²) in [6, 6.07) is 11.9. The van der Waals surface area contributed by atoms with Crippen LogP contribution in [0.1, 0.15) is 29.2 Å². The summed E-state index contributed by atoms with van der Waals surface area (Å²) in [7, 11) is 1.64. The van der Waals surface area contributed by atoms with Crippen LogP contribution in [0.25, 0.3) is 0 Å². The number of hydrogen-bond donors (Lipinski definition) is 1. The van der Waals surface area contributed by atoms with Gasteiger partial charge in [0.2, 0.25) is 0 Å². The van der Waals surface area contributed by atoms with Crippen LogP contribution in [-0.2, 0) is 0 Å². The predicted molar refractivity (Wildman–Crippen MR) is 93.0 cm³/mol. The van der Waals surface area contributed by atoms with Crippen LogP contribution in [0.2, 0.25) is 0 Å². The van der Waals surface area contributed by atoms with E-state index in [9.17, 15) is 5.11 Å². The normalized spacial score (nSPS) is 20.4. The van der Waals surface area contributed by atoms with Crippen molar-refractivity contribution < 1.29 is 14.3 Å². The van der Waals surface area contributed by atoms with Gasteiger partial charge in [-0.05, 0) is 36.8 Å². The monoisotopic (exact) mass is 333 g/mol. The third-order valence-corrected chi connectivity index (χ3v) is 5.24. The highest BCUT2D eigenvalue weighted by molar-refractivity contribution is 7.99. The molecular weight excluding hydrogens is 310 g/mol. The van der Waals surface area contributed by atoms with Crippen LogP contribution < -0.4 is 4.74 Å². The van der Waals surface area contributed by atoms with Gasteiger partial charge in [-0.15, -0.1) is 0 Å². The van der Waals surface area contributed by atoms with Gasteiger partial charge in [0, 0.05) is 24.6 Å². The molecule has 0 amide bonds. The van der Waals surface area contributed by atoms with Crippen molar-refractivity contribution in [1.29, 1.82) is 0 Å². The van der Waals surface area contributed by atoms with Crippen molar-refractivity contribution >= 4 is 11.8 Å². The molecule has 23 heavy (non-hydrogen) atoms. The van der Waals surface area contributed by atoms with E-state index in [1.807, 2.05) is 49.0 Å². The fourth-order valence-corrected chi connectivity index (χ4v) is 4.06. The van der Waals surface area contributed by atoms with Crippen molar-refractivity contribution in [2.45, 2.75) is 19.1 Å². The molecule has 124 valence electrons. The number of ether oxygens (including phenoxy) is 1. The summed E-state index contributed by atoms with van der Waals surface area (Å²) in [5, 5.41) is 10.6. The first kappa shape index (κ1) is 16.4. The lowest BCUT2D eigenvalue weighted by Crippen LogP contribution is -2.38. The maximum atomic E-state index is 10.6. The van der Waals surface area contributed by atoms with Crippen molar-refractivity contribution in [2.75, 3.05) is 31.7 Å². The van der Waals surface area contributed by atoms with Gasteiger partial charge in [-0.3, -0.25) is 4.90 Å². The van der Waals surface area contributed by atoms with Crippen LogP contribution in [0, 0.1) is 6.92 Å². The molecule has 1 N–H and O–H groups in total. The molecule has 0 aliphatic carbocycles. The highest BCUT2D eigenvalue weighted by Gasteiger charge is 2.28. The Kier molecular flexibility index (Phi) is 5.30. The standard InChI is InChI=1S/C18H23NO3S/c1-13-6-7-18(22-13)16-12-23-9-8-19(16)11-17(20)14-4-3-5-15(10-14)21-2/h3-7,10,16-17,20H,8-9,11-12H2,1-2H3. The molecule has 1 aliphatic rings. The van der Waals surface area contributed by atoms with Crippen LogP contribution >= 0.6 is 11.8 Å². The second-order valence-corrected chi connectivity index (χ2v) is 6.98. The van der Waals surface area contributed by atoms with E-state index in [-0.39, 0.29) is 6.04 Å². The number of furan rings is 1. The second kappa shape index (κ2) is 7.43. The molecule has 0 radical (unpaired) electrons. The Labute approximate surface area is 141 Å². The van der Waals surface area contributed by atoms with Crippen molar-refractivity contribution in [3.63, 3.8) is 0 Å². The molecule has 1 fully saturated rings. The highest BCUT2D eigenvalue weighted by atomic mass is 32.2. The molecule has 1 aromatic carbocycles. The van der Waals surface area contributed by atoms with Gasteiger partial charge in [0.1, 0.15) is 17.3 Å². The summed E-state index contributed by atoms with van der Waals surface area (Å²) in [4.78, 5) is 2.32. The van der Waals surface area contributed by atoms with Crippen molar-refractivity contribution in [3.05, 3.63) is 53.5 Å². The summed E-state index contributed by atoms with van der Waals surface area (Å²) in [6.07, 6.45) is -0.535. The Hall–Kier alpha value is -1.43. The van der Waals surface area contributed by atoms with E-state index in [0.29, 0.717) is 6.54 Å². The molecular formula is C18H23NO3S. The van der Waals surface area contributed by atoms with Crippen molar-refractivity contribution in [3.8, 4) is 5.75 Å². The summed E-state index contributed by atoms with van der Waals surface area (Å²) in [5.41, 5.74) is 0.886. The van der Waals surface area contributed by atoms with E-state index in [2.05, 4.69) is 11.0 Å². The molecule has 1 aromatic heterocycles. The Bertz CT molecular complexity index is 643. The number of methoxy groups -OCH3 is 1. The minimum atomic E-state index is -0.535. The quantitative estimate of drug-likeness (QED) is 0.908. The van der Waals surface area contributed by atoms with Gasteiger partial charge >= 0.3 is 0 Å². The number of aliphatic hydroxyl groups is 1. The van der Waals surface area contributed by atoms with Gasteiger partial charge in [-0.1, -0.05) is 12.1 Å². The zero-order chi connectivity index (χ0) is 16.2. The molecule has 4 nitrogen and oxygen atoms in total. The topological polar surface area (TPSA) is 45.8 Å². The van der Waals surface area contributed by atoms with Crippen LogP contribution in [0.5, 0.6) is 5.75 Å². The van der Waals surface area contributed by atoms with Gasteiger partial charge < -0.3 is 14.3 Å². The minimum absolute atomic E-state index is 0.225. The van der Waals surface area contributed by atoms with Gasteiger partial charge in [0.25, 0.3) is 0 Å². The number of hydrogen-bond acceptors (Lipinski definition) is 5. The van der Waals surface area contributed by atoms with E-state index < -0.39 is 6.10 Å². The number of β-amino-alcohol motifs (C(OH)–C–C–N with tert-alkyl or cyclic N) is 1. The summed E-state index contributed by atoms with van der Waals surface area (Å²) in [6.45, 7) is 3.52. The van der Waals surface area contributed by atoms with Gasteiger partial charge in [-0.2, -0.15) is 11.8 Å². The molecule has 2 unspecified atom stereocenters. The molecule has 0 bridgehead atoms. The molecule has 5 heteroatoms. The van der Waals surface area contributed by atoms with E-state index >= 15 is 0 Å². The van der Waals surface area contributed by atoms with Gasteiger partial charge in [-0.25, -0.2) is 0 Å². The number of nitrogens with zero attached hydrogens (tertiary/aromatic N) is 1. The van der Waals surface area contributed by atoms with Crippen molar-refractivity contribution in [2.24, 2.45) is 0 Å². The number of thioether (sulfide) groups is 1. The molecule has 1 saturated heterocycles. The molecule has 0 saturated carbocycles. The lowest BCUT2D eigenvalue weighted by atomic mass is 10.1. The van der Waals surface area contributed by atoms with Gasteiger partial charge in [0.15, 0.2) is 0 Å². The van der Waals surface area contributed by atoms with Crippen LogP contribution in [0.3, 0.4) is 0 Å².